The average Bonchev–Trinajstić information content (AvgIpc) is 3.31. The van der Waals surface area contributed by atoms with Crippen molar-refractivity contribution in [3.05, 3.63) is 52.5 Å². The molecule has 3 aliphatic rings. The molecule has 2 saturated heterocycles. The van der Waals surface area contributed by atoms with Crippen LogP contribution in [0.25, 0.3) is 0 Å². The lowest BCUT2D eigenvalue weighted by molar-refractivity contribution is -0.152. The van der Waals surface area contributed by atoms with Gasteiger partial charge in [0.2, 0.25) is 17.7 Å². The summed E-state index contributed by atoms with van der Waals surface area (Å²) in [6.07, 6.45) is 1.80. The molecule has 3 heterocycles. The van der Waals surface area contributed by atoms with Gasteiger partial charge in [-0.05, 0) is 24.3 Å². The fourth-order valence-corrected chi connectivity index (χ4v) is 6.66. The number of thiazole rings is 1. The second-order valence-electron chi connectivity index (χ2n) is 12.6. The second kappa shape index (κ2) is 11.2. The van der Waals surface area contributed by atoms with E-state index >= 15 is 0 Å². The Bertz CT molecular complexity index is 1290. The van der Waals surface area contributed by atoms with Crippen molar-refractivity contribution in [2.45, 2.75) is 45.9 Å². The summed E-state index contributed by atoms with van der Waals surface area (Å²) in [6.45, 7) is 7.66. The van der Waals surface area contributed by atoms with Crippen LogP contribution in [0.1, 0.15) is 42.4 Å². The summed E-state index contributed by atoms with van der Waals surface area (Å²) in [6, 6.07) is 8.74. The van der Waals surface area contributed by atoms with Crippen LogP contribution in [0.4, 0.5) is 0 Å². The van der Waals surface area contributed by atoms with Crippen molar-refractivity contribution in [2.24, 2.45) is 22.7 Å². The van der Waals surface area contributed by atoms with Gasteiger partial charge in [-0.1, -0.05) is 44.2 Å². The van der Waals surface area contributed by atoms with E-state index in [-0.39, 0.29) is 41.5 Å². The lowest BCUT2D eigenvalue weighted by Gasteiger charge is -2.50. The van der Waals surface area contributed by atoms with Crippen LogP contribution < -0.4 is 5.32 Å². The molecule has 0 unspecified atom stereocenters. The molecule has 1 aliphatic carbocycles. The van der Waals surface area contributed by atoms with Crippen LogP contribution in [0.2, 0.25) is 0 Å². The Hall–Kier alpha value is -3.31. The molecule has 1 aromatic heterocycles. The quantitative estimate of drug-likeness (QED) is 0.486. The van der Waals surface area contributed by atoms with E-state index in [2.05, 4.69) is 24.1 Å². The summed E-state index contributed by atoms with van der Waals surface area (Å²) in [5.41, 5.74) is 2.01. The largest absolute Gasteiger partial charge is 0.371 e. The van der Waals surface area contributed by atoms with E-state index in [1.165, 1.54) is 22.4 Å². The molecule has 11 heteroatoms. The standard InChI is InChI=1S/C30H39N5O5S/c1-19(40-14-20-9-7-6-8-10-20)24(28(39)33(4)5)32-25(36)22-13-34(27(38)23-12-31-18-41-23)15-30(22)16-35(17-30)26(37)21-11-29(21,2)3/h6-10,12,18-19,21-22,24H,11,13-17H2,1-5H3,(H,32,36)/t19-,21-,22+,24+/m1/s1. The highest BCUT2D eigenvalue weighted by molar-refractivity contribution is 7.11. The molecular formula is C30H39N5O5S. The molecule has 41 heavy (non-hydrogen) atoms. The van der Waals surface area contributed by atoms with E-state index in [1.54, 1.807) is 31.4 Å². The molecule has 1 saturated carbocycles. The number of ether oxygens (including phenoxy) is 1. The summed E-state index contributed by atoms with van der Waals surface area (Å²) in [7, 11) is 3.29. The molecule has 10 nitrogen and oxygen atoms in total. The maximum Gasteiger partial charge on any atom is 0.265 e. The summed E-state index contributed by atoms with van der Waals surface area (Å²) < 4.78 is 6.04. The number of likely N-dealkylation sites (tertiary alicyclic amines) is 2. The predicted molar refractivity (Wildman–Crippen MR) is 154 cm³/mol. The third kappa shape index (κ3) is 5.88. The van der Waals surface area contributed by atoms with Gasteiger partial charge < -0.3 is 24.8 Å². The molecule has 1 aromatic carbocycles. The van der Waals surface area contributed by atoms with Crippen LogP contribution in [0.5, 0.6) is 0 Å². The van der Waals surface area contributed by atoms with Gasteiger partial charge in [-0.3, -0.25) is 24.2 Å². The predicted octanol–water partition coefficient (Wildman–Crippen LogP) is 2.27. The van der Waals surface area contributed by atoms with Gasteiger partial charge in [-0.15, -0.1) is 11.3 Å². The Morgan fingerprint density at radius 1 is 1.10 bits per heavy atom. The lowest BCUT2D eigenvalue weighted by atomic mass is 9.70. The number of nitrogens with one attached hydrogen (secondary N) is 1. The second-order valence-corrected chi connectivity index (χ2v) is 13.5. The van der Waals surface area contributed by atoms with E-state index in [4.69, 9.17) is 4.74 Å². The Balaban J connectivity index is 1.32. The average molecular weight is 582 g/mol. The minimum Gasteiger partial charge on any atom is -0.371 e. The number of hydrogen-bond acceptors (Lipinski definition) is 7. The molecule has 0 bridgehead atoms. The van der Waals surface area contributed by atoms with Crippen LogP contribution in [0.15, 0.2) is 42.0 Å². The van der Waals surface area contributed by atoms with Gasteiger partial charge >= 0.3 is 0 Å². The first-order valence-electron chi connectivity index (χ1n) is 14.1. The summed E-state index contributed by atoms with van der Waals surface area (Å²) >= 11 is 1.26. The zero-order valence-electron chi connectivity index (χ0n) is 24.3. The fourth-order valence-electron chi connectivity index (χ4n) is 6.07. The van der Waals surface area contributed by atoms with Crippen molar-refractivity contribution >= 4 is 35.0 Å². The number of nitrogens with zero attached hydrogens (tertiary/aromatic N) is 4. The maximum atomic E-state index is 14.0. The highest BCUT2D eigenvalue weighted by Gasteiger charge is 2.62. The van der Waals surface area contributed by atoms with Crippen molar-refractivity contribution in [3.63, 3.8) is 0 Å². The molecule has 4 atom stereocenters. The number of aromatic nitrogens is 1. The first kappa shape index (κ1) is 29.2. The Labute approximate surface area is 245 Å². The lowest BCUT2D eigenvalue weighted by Crippen LogP contribution is -2.65. The van der Waals surface area contributed by atoms with E-state index < -0.39 is 23.5 Å². The van der Waals surface area contributed by atoms with Gasteiger partial charge in [0.05, 0.1) is 30.3 Å². The molecule has 2 aromatic rings. The van der Waals surface area contributed by atoms with Gasteiger partial charge in [0, 0.05) is 51.6 Å². The van der Waals surface area contributed by atoms with Gasteiger partial charge in [-0.2, -0.15) is 0 Å². The molecular weight excluding hydrogens is 542 g/mol. The molecule has 5 rings (SSSR count). The van der Waals surface area contributed by atoms with Crippen molar-refractivity contribution in [1.82, 2.24) is 25.0 Å². The summed E-state index contributed by atoms with van der Waals surface area (Å²) in [5.74, 6) is -1.20. The first-order valence-corrected chi connectivity index (χ1v) is 14.9. The number of carbonyl (C=O) groups is 4. The smallest absolute Gasteiger partial charge is 0.265 e. The van der Waals surface area contributed by atoms with E-state index in [0.717, 1.165) is 12.0 Å². The van der Waals surface area contributed by atoms with E-state index in [1.807, 2.05) is 35.2 Å². The number of carbonyl (C=O) groups excluding carboxylic acids is 4. The summed E-state index contributed by atoms with van der Waals surface area (Å²) in [4.78, 5) is 63.1. The van der Waals surface area contributed by atoms with Gasteiger partial charge in [0.15, 0.2) is 0 Å². The highest BCUT2D eigenvalue weighted by Crippen LogP contribution is 2.54. The molecule has 4 amide bonds. The number of benzene rings is 1. The molecule has 0 radical (unpaired) electrons. The minimum absolute atomic E-state index is 0.00756. The van der Waals surface area contributed by atoms with Crippen molar-refractivity contribution in [1.29, 1.82) is 0 Å². The van der Waals surface area contributed by atoms with Gasteiger partial charge in [-0.25, -0.2) is 0 Å². The SMILES string of the molecule is C[C@@H](OCc1ccccc1)[C@H](NC(=O)[C@@H]1CN(C(=O)c2cncs2)CC12CN(C(=O)[C@H]1CC1(C)C)C2)C(=O)N(C)C. The van der Waals surface area contributed by atoms with Crippen LogP contribution in [0, 0.1) is 22.7 Å². The van der Waals surface area contributed by atoms with Crippen LogP contribution in [-0.4, -0.2) is 95.7 Å². The number of rotatable bonds is 9. The van der Waals surface area contributed by atoms with Crippen molar-refractivity contribution < 1.29 is 23.9 Å². The first-order chi connectivity index (χ1) is 19.4. The zero-order chi connectivity index (χ0) is 29.5. The molecule has 2 aliphatic heterocycles. The molecule has 1 spiro atoms. The minimum atomic E-state index is -0.908. The van der Waals surface area contributed by atoms with Gasteiger partial charge in [0.1, 0.15) is 10.9 Å². The van der Waals surface area contributed by atoms with Crippen LogP contribution in [-0.2, 0) is 25.7 Å². The molecule has 3 fully saturated rings. The monoisotopic (exact) mass is 581 g/mol. The maximum absolute atomic E-state index is 14.0. The zero-order valence-corrected chi connectivity index (χ0v) is 25.1. The van der Waals surface area contributed by atoms with Crippen LogP contribution >= 0.6 is 11.3 Å². The van der Waals surface area contributed by atoms with Crippen molar-refractivity contribution in [3.8, 4) is 0 Å². The highest BCUT2D eigenvalue weighted by atomic mass is 32.1. The third-order valence-electron chi connectivity index (χ3n) is 8.86. The topological polar surface area (TPSA) is 112 Å². The molecule has 1 N–H and O–H groups in total. The van der Waals surface area contributed by atoms with Crippen LogP contribution in [0.3, 0.4) is 0 Å². The Kier molecular flexibility index (Phi) is 7.95. The normalized spacial score (nSPS) is 23.4. The third-order valence-corrected chi connectivity index (χ3v) is 9.62. The number of amides is 4. The van der Waals surface area contributed by atoms with E-state index in [0.29, 0.717) is 31.1 Å². The number of hydrogen-bond donors (Lipinski definition) is 1. The van der Waals surface area contributed by atoms with E-state index in [9.17, 15) is 19.2 Å². The molecule has 220 valence electrons. The van der Waals surface area contributed by atoms with Gasteiger partial charge in [0.25, 0.3) is 5.91 Å². The summed E-state index contributed by atoms with van der Waals surface area (Å²) in [5, 5.41) is 2.98. The Morgan fingerprint density at radius 3 is 2.34 bits per heavy atom. The Morgan fingerprint density at radius 2 is 1.76 bits per heavy atom. The fraction of sp³-hybridized carbons (Fsp3) is 0.567. The number of likely N-dealkylation sites (N-methyl/N-ethyl adjacent to an activating group) is 1. The van der Waals surface area contributed by atoms with Crippen molar-refractivity contribution in [2.75, 3.05) is 40.3 Å².